The second kappa shape index (κ2) is 9.53. The fourth-order valence-electron chi connectivity index (χ4n) is 3.26. The number of aryl methyl sites for hydroxylation is 2. The quantitative estimate of drug-likeness (QED) is 0.435. The normalized spacial score (nSPS) is 10.9. The van der Waals surface area contributed by atoms with Gasteiger partial charge in [0.25, 0.3) is 5.56 Å². The first kappa shape index (κ1) is 20.7. The molecular weight excluding hydrogens is 410 g/mol. The predicted octanol–water partition coefficient (Wildman–Crippen LogP) is 4.21. The van der Waals surface area contributed by atoms with Gasteiger partial charge in [-0.05, 0) is 29.9 Å². The highest BCUT2D eigenvalue weighted by Gasteiger charge is 2.16. The van der Waals surface area contributed by atoms with E-state index in [4.69, 9.17) is 0 Å². The molecule has 0 aliphatic heterocycles. The molecule has 0 saturated carbocycles. The van der Waals surface area contributed by atoms with Gasteiger partial charge in [-0.25, -0.2) is 4.98 Å². The SMILES string of the molecule is CCCc1cc(=O)[nH]c(-n2nc(-c3cccs3)cc2NC(=O)CCc2ccccc2)n1. The second-order valence-corrected chi connectivity index (χ2v) is 8.10. The molecule has 8 heteroatoms. The first-order valence-corrected chi connectivity index (χ1v) is 11.1. The van der Waals surface area contributed by atoms with Crippen molar-refractivity contribution < 1.29 is 4.79 Å². The third-order valence-corrected chi connectivity index (χ3v) is 5.62. The Labute approximate surface area is 183 Å². The molecule has 0 radical (unpaired) electrons. The van der Waals surface area contributed by atoms with Crippen molar-refractivity contribution in [1.82, 2.24) is 19.7 Å². The molecular formula is C23H23N5O2S. The minimum atomic E-state index is -0.247. The summed E-state index contributed by atoms with van der Waals surface area (Å²) in [5, 5.41) is 9.52. The number of thiophene rings is 1. The van der Waals surface area contributed by atoms with Gasteiger partial charge in [0.15, 0.2) is 0 Å². The van der Waals surface area contributed by atoms with Crippen molar-refractivity contribution in [3.8, 4) is 16.5 Å². The highest BCUT2D eigenvalue weighted by atomic mass is 32.1. The van der Waals surface area contributed by atoms with Gasteiger partial charge >= 0.3 is 0 Å². The van der Waals surface area contributed by atoms with Crippen LogP contribution in [0.1, 0.15) is 31.0 Å². The first-order valence-electron chi connectivity index (χ1n) is 10.2. The van der Waals surface area contributed by atoms with E-state index in [1.807, 2.05) is 54.8 Å². The first-order chi connectivity index (χ1) is 15.1. The largest absolute Gasteiger partial charge is 0.310 e. The number of H-pyrrole nitrogens is 1. The molecule has 1 aromatic carbocycles. The summed E-state index contributed by atoms with van der Waals surface area (Å²) >= 11 is 1.55. The highest BCUT2D eigenvalue weighted by Crippen LogP contribution is 2.27. The van der Waals surface area contributed by atoms with Gasteiger partial charge in [-0.2, -0.15) is 9.78 Å². The summed E-state index contributed by atoms with van der Waals surface area (Å²) in [6, 6.07) is 17.1. The number of anilines is 1. The van der Waals surface area contributed by atoms with Crippen LogP contribution in [0, 0.1) is 0 Å². The van der Waals surface area contributed by atoms with E-state index in [0.717, 1.165) is 16.9 Å². The van der Waals surface area contributed by atoms with Crippen molar-refractivity contribution in [1.29, 1.82) is 0 Å². The molecule has 0 saturated heterocycles. The van der Waals surface area contributed by atoms with Crippen LogP contribution in [0.15, 0.2) is 64.8 Å². The van der Waals surface area contributed by atoms with E-state index in [-0.39, 0.29) is 17.4 Å². The van der Waals surface area contributed by atoms with Gasteiger partial charge in [-0.3, -0.25) is 14.6 Å². The number of carbonyl (C=O) groups is 1. The predicted molar refractivity (Wildman–Crippen MR) is 123 cm³/mol. The van der Waals surface area contributed by atoms with Gasteiger partial charge in [0, 0.05) is 24.2 Å². The molecule has 3 aromatic heterocycles. The Hall–Kier alpha value is -3.52. The third-order valence-electron chi connectivity index (χ3n) is 4.72. The van der Waals surface area contributed by atoms with Crippen molar-refractivity contribution in [3.63, 3.8) is 0 Å². The molecule has 0 atom stereocenters. The number of hydrogen-bond acceptors (Lipinski definition) is 5. The lowest BCUT2D eigenvalue weighted by Gasteiger charge is -2.09. The topological polar surface area (TPSA) is 92.7 Å². The number of nitrogens with one attached hydrogen (secondary N) is 2. The van der Waals surface area contributed by atoms with E-state index in [1.165, 1.54) is 10.7 Å². The fraction of sp³-hybridized carbons (Fsp3) is 0.217. The molecule has 0 aliphatic rings. The molecule has 0 bridgehead atoms. The minimum absolute atomic E-state index is 0.130. The third kappa shape index (κ3) is 5.16. The van der Waals surface area contributed by atoms with Crippen molar-refractivity contribution in [3.05, 3.63) is 81.6 Å². The lowest BCUT2D eigenvalue weighted by Crippen LogP contribution is -2.19. The molecule has 0 aliphatic carbocycles. The van der Waals surface area contributed by atoms with Crippen LogP contribution in [-0.2, 0) is 17.6 Å². The summed E-state index contributed by atoms with van der Waals surface area (Å²) in [4.78, 5) is 33.1. The van der Waals surface area contributed by atoms with Crippen molar-refractivity contribution in [2.45, 2.75) is 32.6 Å². The van der Waals surface area contributed by atoms with Crippen LogP contribution >= 0.6 is 11.3 Å². The summed E-state index contributed by atoms with van der Waals surface area (Å²) < 4.78 is 1.50. The van der Waals surface area contributed by atoms with E-state index in [2.05, 4.69) is 20.4 Å². The molecule has 0 spiro atoms. The molecule has 4 aromatic rings. The van der Waals surface area contributed by atoms with Gasteiger partial charge in [0.2, 0.25) is 11.9 Å². The number of aromatic nitrogens is 4. The molecule has 2 N–H and O–H groups in total. The van der Waals surface area contributed by atoms with Gasteiger partial charge in [0.1, 0.15) is 11.5 Å². The summed E-state index contributed by atoms with van der Waals surface area (Å²) in [5.74, 6) is 0.630. The average molecular weight is 434 g/mol. The van der Waals surface area contributed by atoms with Gasteiger partial charge in [-0.15, -0.1) is 11.3 Å². The van der Waals surface area contributed by atoms with Gasteiger partial charge < -0.3 is 5.32 Å². The maximum Gasteiger partial charge on any atom is 0.252 e. The molecule has 158 valence electrons. The van der Waals surface area contributed by atoms with Crippen LogP contribution in [0.3, 0.4) is 0 Å². The number of hydrogen-bond donors (Lipinski definition) is 2. The summed E-state index contributed by atoms with van der Waals surface area (Å²) in [6.45, 7) is 2.03. The minimum Gasteiger partial charge on any atom is -0.310 e. The average Bonchev–Trinajstić information content (AvgIpc) is 3.43. The van der Waals surface area contributed by atoms with E-state index < -0.39 is 0 Å². The lowest BCUT2D eigenvalue weighted by molar-refractivity contribution is -0.116. The number of nitrogens with zero attached hydrogens (tertiary/aromatic N) is 3. The van der Waals surface area contributed by atoms with E-state index in [9.17, 15) is 9.59 Å². The number of amides is 1. The molecule has 3 heterocycles. The Bertz CT molecular complexity index is 1210. The van der Waals surface area contributed by atoms with Crippen molar-refractivity contribution in [2.75, 3.05) is 5.32 Å². The van der Waals surface area contributed by atoms with Crippen LogP contribution < -0.4 is 10.9 Å². The summed E-state index contributed by atoms with van der Waals surface area (Å²) in [5.41, 5.74) is 2.25. The smallest absolute Gasteiger partial charge is 0.252 e. The van der Waals surface area contributed by atoms with Crippen LogP contribution in [0.2, 0.25) is 0 Å². The number of aromatic amines is 1. The molecule has 4 rings (SSSR count). The van der Waals surface area contributed by atoms with Crippen LogP contribution in [-0.4, -0.2) is 25.7 Å². The summed E-state index contributed by atoms with van der Waals surface area (Å²) in [6.07, 6.45) is 2.54. The maximum atomic E-state index is 12.7. The number of benzene rings is 1. The Balaban J connectivity index is 1.63. The van der Waals surface area contributed by atoms with Gasteiger partial charge in [0.05, 0.1) is 4.88 Å². The zero-order valence-corrected chi connectivity index (χ0v) is 18.0. The standard InChI is InChI=1S/C23H23N5O2S/c1-2-7-17-14-22(30)26-23(24-17)28-20(15-18(27-28)19-10-6-13-31-19)25-21(29)12-11-16-8-4-3-5-9-16/h3-6,8-10,13-15H,2,7,11-12H2,1H3,(H,25,29)(H,24,26,30). The van der Waals surface area contributed by atoms with Gasteiger partial charge in [-0.1, -0.05) is 49.7 Å². The summed E-state index contributed by atoms with van der Waals surface area (Å²) in [7, 11) is 0. The van der Waals surface area contributed by atoms with Crippen LogP contribution in [0.4, 0.5) is 5.82 Å². The van der Waals surface area contributed by atoms with E-state index >= 15 is 0 Å². The molecule has 0 fully saturated rings. The fourth-order valence-corrected chi connectivity index (χ4v) is 3.94. The molecule has 7 nitrogen and oxygen atoms in total. The Kier molecular flexibility index (Phi) is 6.37. The second-order valence-electron chi connectivity index (χ2n) is 7.15. The highest BCUT2D eigenvalue weighted by molar-refractivity contribution is 7.13. The Morgan fingerprint density at radius 2 is 1.97 bits per heavy atom. The lowest BCUT2D eigenvalue weighted by atomic mass is 10.1. The molecule has 1 amide bonds. The molecule has 0 unspecified atom stereocenters. The monoisotopic (exact) mass is 433 g/mol. The van der Waals surface area contributed by atoms with E-state index in [0.29, 0.717) is 36.5 Å². The van der Waals surface area contributed by atoms with Crippen molar-refractivity contribution in [2.24, 2.45) is 0 Å². The molecule has 31 heavy (non-hydrogen) atoms. The van der Waals surface area contributed by atoms with Crippen molar-refractivity contribution >= 4 is 23.1 Å². The Morgan fingerprint density at radius 3 is 2.71 bits per heavy atom. The number of carbonyl (C=O) groups excluding carboxylic acids is 1. The number of rotatable bonds is 8. The maximum absolute atomic E-state index is 12.7. The Morgan fingerprint density at radius 1 is 1.13 bits per heavy atom. The van der Waals surface area contributed by atoms with E-state index in [1.54, 1.807) is 17.4 Å². The zero-order chi connectivity index (χ0) is 21.6. The van der Waals surface area contributed by atoms with Crippen LogP contribution in [0.5, 0.6) is 0 Å². The zero-order valence-electron chi connectivity index (χ0n) is 17.2. The van der Waals surface area contributed by atoms with Crippen LogP contribution in [0.25, 0.3) is 16.5 Å².